The van der Waals surface area contributed by atoms with Crippen LogP contribution in [0.3, 0.4) is 0 Å². The monoisotopic (exact) mass is 378 g/mol. The van der Waals surface area contributed by atoms with Crippen molar-refractivity contribution in [1.29, 1.82) is 0 Å². The van der Waals surface area contributed by atoms with E-state index in [4.69, 9.17) is 0 Å². The second-order valence-corrected chi connectivity index (χ2v) is 6.50. The van der Waals surface area contributed by atoms with E-state index < -0.39 is 6.04 Å². The molecule has 142 valence electrons. The van der Waals surface area contributed by atoms with Gasteiger partial charge in [0.15, 0.2) is 0 Å². The minimum Gasteiger partial charge on any atom is -0.352 e. The first-order valence-electron chi connectivity index (χ1n) is 8.99. The molecule has 0 aliphatic rings. The third-order valence-corrected chi connectivity index (χ3v) is 4.65. The Hall–Kier alpha value is -3.55. The predicted molar refractivity (Wildman–Crippen MR) is 102 cm³/mol. The molecule has 1 amide bonds. The van der Waals surface area contributed by atoms with Crippen molar-refractivity contribution in [1.82, 2.24) is 30.1 Å². The summed E-state index contributed by atoms with van der Waals surface area (Å²) in [6.07, 6.45) is 3.81. The van der Waals surface area contributed by atoms with E-state index in [1.807, 2.05) is 47.2 Å². The van der Waals surface area contributed by atoms with E-state index in [1.54, 1.807) is 6.07 Å². The van der Waals surface area contributed by atoms with Crippen molar-refractivity contribution >= 4 is 16.8 Å². The maximum Gasteiger partial charge on any atom is 0.245 e. The zero-order chi connectivity index (χ0) is 19.3. The number of hydrogen-bond donors (Lipinski definition) is 1. The third kappa shape index (κ3) is 3.90. The van der Waals surface area contributed by atoms with Crippen LogP contribution < -0.4 is 5.32 Å². The topological polar surface area (TPSA) is 77.6 Å². The number of nitrogens with zero attached hydrogens (tertiary/aromatic N) is 5. The second kappa shape index (κ2) is 7.99. The Kier molecular flexibility index (Phi) is 5.09. The summed E-state index contributed by atoms with van der Waals surface area (Å²) >= 11 is 0. The molecule has 0 radical (unpaired) electrons. The minimum atomic E-state index is -0.545. The fourth-order valence-electron chi connectivity index (χ4n) is 3.22. The van der Waals surface area contributed by atoms with Gasteiger partial charge in [-0.3, -0.25) is 4.79 Å². The first kappa shape index (κ1) is 17.8. The van der Waals surface area contributed by atoms with Crippen LogP contribution >= 0.6 is 0 Å². The summed E-state index contributed by atoms with van der Waals surface area (Å²) in [5.74, 6) is -0.447. The van der Waals surface area contributed by atoms with Gasteiger partial charge in [-0.1, -0.05) is 30.3 Å². The Morgan fingerprint density at radius 1 is 1.14 bits per heavy atom. The first-order chi connectivity index (χ1) is 13.7. The molecule has 2 aromatic heterocycles. The van der Waals surface area contributed by atoms with Crippen LogP contribution in [0.2, 0.25) is 0 Å². The standard InChI is InChI=1S/C20H19FN6O/c21-17-7-6-16-8-10-26(18(16)13-17)11-9-22-20(28)19(27-14-23-24-25-27)12-15-4-2-1-3-5-15/h1-8,10,13-14,19H,9,11-12H2,(H,22,28)/t19-/m0/s1. The number of nitrogens with one attached hydrogen (secondary N) is 1. The Labute approximate surface area is 160 Å². The van der Waals surface area contributed by atoms with Gasteiger partial charge in [-0.2, -0.15) is 0 Å². The highest BCUT2D eigenvalue weighted by atomic mass is 19.1. The highest BCUT2D eigenvalue weighted by molar-refractivity contribution is 5.81. The molecule has 0 aliphatic carbocycles. The van der Waals surface area contributed by atoms with Crippen molar-refractivity contribution in [3.05, 3.63) is 78.5 Å². The van der Waals surface area contributed by atoms with Crippen molar-refractivity contribution < 1.29 is 9.18 Å². The lowest BCUT2D eigenvalue weighted by Crippen LogP contribution is -2.36. The molecule has 0 unspecified atom stereocenters. The molecular weight excluding hydrogens is 359 g/mol. The fraction of sp³-hybridized carbons (Fsp3) is 0.200. The maximum absolute atomic E-state index is 13.5. The molecule has 1 atom stereocenters. The van der Waals surface area contributed by atoms with Gasteiger partial charge < -0.3 is 9.88 Å². The molecule has 0 saturated carbocycles. The first-order valence-corrected chi connectivity index (χ1v) is 8.99. The van der Waals surface area contributed by atoms with E-state index in [2.05, 4.69) is 20.8 Å². The molecule has 0 spiro atoms. The van der Waals surface area contributed by atoms with Gasteiger partial charge >= 0.3 is 0 Å². The number of halogens is 1. The summed E-state index contributed by atoms with van der Waals surface area (Å²) in [5.41, 5.74) is 1.82. The van der Waals surface area contributed by atoms with Crippen LogP contribution in [0.1, 0.15) is 11.6 Å². The second-order valence-electron chi connectivity index (χ2n) is 6.50. The van der Waals surface area contributed by atoms with Gasteiger partial charge in [0.1, 0.15) is 18.2 Å². The van der Waals surface area contributed by atoms with Crippen LogP contribution in [0.4, 0.5) is 4.39 Å². The molecule has 2 heterocycles. The number of aromatic nitrogens is 5. The van der Waals surface area contributed by atoms with Crippen molar-refractivity contribution in [2.45, 2.75) is 19.0 Å². The highest BCUT2D eigenvalue weighted by Crippen LogP contribution is 2.17. The number of benzene rings is 2. The molecule has 1 N–H and O–H groups in total. The molecule has 0 saturated heterocycles. The van der Waals surface area contributed by atoms with Gasteiger partial charge in [-0.25, -0.2) is 9.07 Å². The largest absolute Gasteiger partial charge is 0.352 e. The van der Waals surface area contributed by atoms with E-state index in [0.29, 0.717) is 19.5 Å². The summed E-state index contributed by atoms with van der Waals surface area (Å²) in [4.78, 5) is 12.8. The molecule has 0 fully saturated rings. The molecule has 0 bridgehead atoms. The summed E-state index contributed by atoms with van der Waals surface area (Å²) in [6, 6.07) is 15.8. The Morgan fingerprint density at radius 3 is 2.79 bits per heavy atom. The van der Waals surface area contributed by atoms with Gasteiger partial charge in [-0.15, -0.1) is 5.10 Å². The van der Waals surface area contributed by atoms with Crippen molar-refractivity contribution in [2.75, 3.05) is 6.54 Å². The van der Waals surface area contributed by atoms with Crippen LogP contribution in [0, 0.1) is 5.82 Å². The number of amides is 1. The molecule has 7 nitrogen and oxygen atoms in total. The number of hydrogen-bond acceptors (Lipinski definition) is 4. The van der Waals surface area contributed by atoms with Gasteiger partial charge in [0, 0.05) is 25.7 Å². The van der Waals surface area contributed by atoms with Crippen molar-refractivity contribution in [2.24, 2.45) is 0 Å². The Morgan fingerprint density at radius 2 is 2.00 bits per heavy atom. The molecule has 4 rings (SSSR count). The smallest absolute Gasteiger partial charge is 0.245 e. The van der Waals surface area contributed by atoms with E-state index >= 15 is 0 Å². The Balaban J connectivity index is 1.43. The third-order valence-electron chi connectivity index (χ3n) is 4.65. The predicted octanol–water partition coefficient (Wildman–Crippen LogP) is 2.37. The molecule has 4 aromatic rings. The van der Waals surface area contributed by atoms with Gasteiger partial charge in [0.25, 0.3) is 0 Å². The van der Waals surface area contributed by atoms with E-state index in [1.165, 1.54) is 23.1 Å². The van der Waals surface area contributed by atoms with Gasteiger partial charge in [0.05, 0.1) is 5.52 Å². The molecule has 28 heavy (non-hydrogen) atoms. The summed E-state index contributed by atoms with van der Waals surface area (Å²) < 4.78 is 16.9. The quantitative estimate of drug-likeness (QED) is 0.536. The summed E-state index contributed by atoms with van der Waals surface area (Å²) in [7, 11) is 0. The average molecular weight is 378 g/mol. The van der Waals surface area contributed by atoms with Crippen molar-refractivity contribution in [3.63, 3.8) is 0 Å². The summed E-state index contributed by atoms with van der Waals surface area (Å²) in [6.45, 7) is 0.943. The molecule has 8 heteroatoms. The lowest BCUT2D eigenvalue weighted by atomic mass is 10.1. The minimum absolute atomic E-state index is 0.168. The molecule has 2 aromatic carbocycles. The van der Waals surface area contributed by atoms with Crippen LogP contribution in [-0.4, -0.2) is 37.2 Å². The fourth-order valence-corrected chi connectivity index (χ4v) is 3.22. The molecular formula is C20H19FN6O. The lowest BCUT2D eigenvalue weighted by molar-refractivity contribution is -0.124. The van der Waals surface area contributed by atoms with E-state index in [9.17, 15) is 9.18 Å². The normalized spacial score (nSPS) is 12.2. The van der Waals surface area contributed by atoms with Crippen LogP contribution in [-0.2, 0) is 17.8 Å². The SMILES string of the molecule is O=C(NCCn1ccc2ccc(F)cc21)[C@H](Cc1ccccc1)n1cnnn1. The number of carbonyl (C=O) groups is 1. The number of fused-ring (bicyclic) bond motifs is 1. The van der Waals surface area contributed by atoms with Crippen molar-refractivity contribution in [3.8, 4) is 0 Å². The van der Waals surface area contributed by atoms with Gasteiger partial charge in [-0.05, 0) is 45.6 Å². The van der Waals surface area contributed by atoms with Crippen LogP contribution in [0.5, 0.6) is 0 Å². The number of tetrazole rings is 1. The van der Waals surface area contributed by atoms with Gasteiger partial charge in [0.2, 0.25) is 5.91 Å². The van der Waals surface area contributed by atoms with E-state index in [0.717, 1.165) is 16.5 Å². The van der Waals surface area contributed by atoms with Crippen LogP contribution in [0.15, 0.2) is 67.1 Å². The average Bonchev–Trinajstić information content (AvgIpc) is 3.37. The lowest BCUT2D eigenvalue weighted by Gasteiger charge is -2.16. The molecule has 0 aliphatic heterocycles. The number of carbonyl (C=O) groups excluding carboxylic acids is 1. The zero-order valence-electron chi connectivity index (χ0n) is 15.1. The Bertz CT molecular complexity index is 1060. The highest BCUT2D eigenvalue weighted by Gasteiger charge is 2.22. The summed E-state index contributed by atoms with van der Waals surface area (Å²) in [5, 5.41) is 15.1. The van der Waals surface area contributed by atoms with Crippen LogP contribution in [0.25, 0.3) is 10.9 Å². The zero-order valence-corrected chi connectivity index (χ0v) is 15.1. The maximum atomic E-state index is 13.5. The van der Waals surface area contributed by atoms with E-state index in [-0.39, 0.29) is 11.7 Å². The number of rotatable bonds is 7.